The lowest BCUT2D eigenvalue weighted by molar-refractivity contribution is 0.0712. The number of rotatable bonds is 7. The summed E-state index contributed by atoms with van der Waals surface area (Å²) in [4.78, 5) is 21.6. The van der Waals surface area contributed by atoms with E-state index in [1.807, 2.05) is 13.0 Å². The fraction of sp³-hybridized carbons (Fsp3) is 0.444. The molecule has 1 aliphatic rings. The Kier molecular flexibility index (Phi) is 8.67. The van der Waals surface area contributed by atoms with Crippen molar-refractivity contribution in [2.45, 2.75) is 71.6 Å². The van der Waals surface area contributed by atoms with Crippen LogP contribution in [-0.2, 0) is 0 Å². The number of halogens is 2. The third-order valence-electron chi connectivity index (χ3n) is 6.46. The zero-order chi connectivity index (χ0) is 24.8. The van der Waals surface area contributed by atoms with Crippen LogP contribution >= 0.6 is 0 Å². The molecule has 1 fully saturated rings. The molecule has 182 valence electrons. The number of amides is 1. The summed E-state index contributed by atoms with van der Waals surface area (Å²) in [7, 11) is 0. The monoisotopic (exact) mass is 469 g/mol. The number of anilines is 1. The highest BCUT2D eigenvalue weighted by Crippen LogP contribution is 2.39. The molecule has 2 heterocycles. The first kappa shape index (κ1) is 25.7. The molecule has 2 aromatic heterocycles. The van der Waals surface area contributed by atoms with Gasteiger partial charge in [0.2, 0.25) is 0 Å². The van der Waals surface area contributed by atoms with E-state index in [1.54, 1.807) is 44.4 Å². The van der Waals surface area contributed by atoms with Gasteiger partial charge in [0, 0.05) is 11.8 Å². The zero-order valence-corrected chi connectivity index (χ0v) is 20.2. The third-order valence-corrected chi connectivity index (χ3v) is 6.46. The highest BCUT2D eigenvalue weighted by Gasteiger charge is 2.28. The fourth-order valence-electron chi connectivity index (χ4n) is 4.46. The molecule has 1 saturated carbocycles. The lowest BCUT2D eigenvalue weighted by Gasteiger charge is -2.32. The molecule has 3 rings (SSSR count). The van der Waals surface area contributed by atoms with E-state index in [4.69, 9.17) is 0 Å². The number of allylic oxidation sites excluding steroid dienone is 4. The Labute approximate surface area is 200 Å². The number of carbonyl (C=O) groups excluding carboxylic acids is 1. The molecule has 2 aromatic rings. The number of hydrogen-bond donors (Lipinski definition) is 2. The van der Waals surface area contributed by atoms with Gasteiger partial charge in [-0.15, -0.1) is 0 Å². The molecular weight excluding hydrogens is 436 g/mol. The van der Waals surface area contributed by atoms with Gasteiger partial charge < -0.3 is 10.4 Å². The second kappa shape index (κ2) is 11.5. The van der Waals surface area contributed by atoms with E-state index in [0.717, 1.165) is 24.8 Å². The lowest BCUT2D eigenvalue weighted by atomic mass is 9.77. The minimum atomic E-state index is -1.26. The molecule has 1 unspecified atom stereocenters. The van der Waals surface area contributed by atoms with Crippen LogP contribution in [0.25, 0.3) is 5.57 Å². The van der Waals surface area contributed by atoms with Gasteiger partial charge >= 0.3 is 0 Å². The number of aromatic nitrogens is 2. The number of nitrogens with zero attached hydrogens (tertiary/aromatic N) is 2. The largest absolute Gasteiger partial charge is 0.393 e. The van der Waals surface area contributed by atoms with Gasteiger partial charge in [0.1, 0.15) is 17.7 Å². The quantitative estimate of drug-likeness (QED) is 0.461. The van der Waals surface area contributed by atoms with Crippen LogP contribution in [0.4, 0.5) is 14.5 Å². The van der Waals surface area contributed by atoms with Crippen molar-refractivity contribution in [3.63, 3.8) is 0 Å². The van der Waals surface area contributed by atoms with Crippen LogP contribution < -0.4 is 5.32 Å². The molecule has 0 radical (unpaired) electrons. The summed E-state index contributed by atoms with van der Waals surface area (Å²) in [6, 6.07) is 6.75. The second-order valence-corrected chi connectivity index (χ2v) is 9.04. The number of nitrogens with one attached hydrogen (secondary N) is 1. The number of aliphatic hydroxyl groups is 1. The molecule has 34 heavy (non-hydrogen) atoms. The predicted molar refractivity (Wildman–Crippen MR) is 131 cm³/mol. The Balaban J connectivity index is 1.84. The maximum Gasteiger partial charge on any atom is 0.274 e. The summed E-state index contributed by atoms with van der Waals surface area (Å²) in [5, 5.41) is 13.0. The van der Waals surface area contributed by atoms with Crippen molar-refractivity contribution in [3.8, 4) is 0 Å². The van der Waals surface area contributed by atoms with E-state index in [1.165, 1.54) is 13.0 Å². The molecule has 0 saturated heterocycles. The van der Waals surface area contributed by atoms with Crippen LogP contribution in [0.3, 0.4) is 0 Å². The molecule has 4 atom stereocenters. The molecular formula is C27H33F2N3O2. The molecule has 0 spiro atoms. The zero-order valence-electron chi connectivity index (χ0n) is 20.2. The van der Waals surface area contributed by atoms with Gasteiger partial charge in [-0.3, -0.25) is 9.78 Å². The number of alkyl halides is 1. The molecule has 7 heteroatoms. The Morgan fingerprint density at radius 2 is 2.03 bits per heavy atom. The standard InChI is InChI=1S/C27H33F2N3O2/c1-5-19(14-17(3)28)26(29)18(4)22-7-6-8-23(31-22)27(34)32-24-15-30-12-11-21(24)20-9-10-25(33)16(2)13-20/h6-8,11-12,14-17,20,25,33H,5,9-10,13H2,1-4H3,(H,32,34)/b19-14-,26-18-/t16-,17?,20-,25-/m0/s1. The number of hydrogen-bond acceptors (Lipinski definition) is 4. The van der Waals surface area contributed by atoms with Crippen molar-refractivity contribution >= 4 is 17.2 Å². The Hall–Kier alpha value is -2.93. The van der Waals surface area contributed by atoms with Gasteiger partial charge in [-0.05, 0) is 86.8 Å². The van der Waals surface area contributed by atoms with E-state index in [9.17, 15) is 18.7 Å². The SMILES string of the molecule is CCC(=C/C(C)F)/C(F)=C(\C)c1cccc(C(=O)Nc2cnccc2[C@H]2CC[C@H](O)[C@@H](C)C2)n1. The van der Waals surface area contributed by atoms with Crippen molar-refractivity contribution in [1.29, 1.82) is 0 Å². The minimum absolute atomic E-state index is 0.146. The van der Waals surface area contributed by atoms with E-state index in [-0.39, 0.29) is 34.8 Å². The molecule has 0 aliphatic heterocycles. The van der Waals surface area contributed by atoms with Crippen LogP contribution in [0.1, 0.15) is 81.0 Å². The maximum absolute atomic E-state index is 15.0. The summed E-state index contributed by atoms with van der Waals surface area (Å²) < 4.78 is 28.4. The second-order valence-electron chi connectivity index (χ2n) is 9.04. The molecule has 0 bridgehead atoms. The van der Waals surface area contributed by atoms with Crippen LogP contribution in [0, 0.1) is 5.92 Å². The summed E-state index contributed by atoms with van der Waals surface area (Å²) in [5.41, 5.74) is 2.58. The smallest absolute Gasteiger partial charge is 0.274 e. The summed E-state index contributed by atoms with van der Waals surface area (Å²) in [5.74, 6) is -0.551. The van der Waals surface area contributed by atoms with Gasteiger partial charge in [0.05, 0.1) is 23.7 Å². The van der Waals surface area contributed by atoms with Crippen molar-refractivity contribution in [2.24, 2.45) is 5.92 Å². The number of aliphatic hydroxyl groups excluding tert-OH is 1. The number of pyridine rings is 2. The molecule has 0 aromatic carbocycles. The molecule has 1 aliphatic carbocycles. The number of carbonyl (C=O) groups is 1. The molecule has 5 nitrogen and oxygen atoms in total. The average Bonchev–Trinajstić information content (AvgIpc) is 2.83. The first-order chi connectivity index (χ1) is 16.2. The van der Waals surface area contributed by atoms with Crippen LogP contribution in [-0.4, -0.2) is 33.3 Å². The highest BCUT2D eigenvalue weighted by molar-refractivity contribution is 6.03. The summed E-state index contributed by atoms with van der Waals surface area (Å²) in [6.45, 7) is 6.72. The van der Waals surface area contributed by atoms with Crippen LogP contribution in [0.2, 0.25) is 0 Å². The Morgan fingerprint density at radius 3 is 2.71 bits per heavy atom. The first-order valence-electron chi connectivity index (χ1n) is 11.8. The van der Waals surface area contributed by atoms with Gasteiger partial charge in [-0.1, -0.05) is 19.9 Å². The van der Waals surface area contributed by atoms with Crippen molar-refractivity contribution in [1.82, 2.24) is 9.97 Å². The average molecular weight is 470 g/mol. The molecule has 2 N–H and O–H groups in total. The molecule has 1 amide bonds. The minimum Gasteiger partial charge on any atom is -0.393 e. The Morgan fingerprint density at radius 1 is 1.29 bits per heavy atom. The lowest BCUT2D eigenvalue weighted by Crippen LogP contribution is -2.26. The normalized spacial score (nSPS) is 22.7. The van der Waals surface area contributed by atoms with Crippen LogP contribution in [0.5, 0.6) is 0 Å². The van der Waals surface area contributed by atoms with Gasteiger partial charge in [0.15, 0.2) is 0 Å². The third kappa shape index (κ3) is 6.14. The van der Waals surface area contributed by atoms with Crippen molar-refractivity contribution in [3.05, 3.63) is 71.1 Å². The predicted octanol–water partition coefficient (Wildman–Crippen LogP) is 6.39. The van der Waals surface area contributed by atoms with Gasteiger partial charge in [-0.2, -0.15) is 0 Å². The first-order valence-corrected chi connectivity index (χ1v) is 11.8. The van der Waals surface area contributed by atoms with E-state index < -0.39 is 17.9 Å². The highest BCUT2D eigenvalue weighted by atomic mass is 19.1. The Bertz CT molecular complexity index is 1080. The van der Waals surface area contributed by atoms with Crippen LogP contribution in [0.15, 0.2) is 54.1 Å². The van der Waals surface area contributed by atoms with Gasteiger partial charge in [-0.25, -0.2) is 13.8 Å². The topological polar surface area (TPSA) is 75.1 Å². The van der Waals surface area contributed by atoms with Gasteiger partial charge in [0.25, 0.3) is 5.91 Å². The van der Waals surface area contributed by atoms with Crippen molar-refractivity contribution in [2.75, 3.05) is 5.32 Å². The maximum atomic E-state index is 15.0. The van der Waals surface area contributed by atoms with E-state index >= 15 is 0 Å². The summed E-state index contributed by atoms with van der Waals surface area (Å²) in [6.07, 6.45) is 5.75. The fourth-order valence-corrected chi connectivity index (χ4v) is 4.46. The van der Waals surface area contributed by atoms with E-state index in [0.29, 0.717) is 17.8 Å². The van der Waals surface area contributed by atoms with Crippen molar-refractivity contribution < 1.29 is 18.7 Å². The van der Waals surface area contributed by atoms with E-state index in [2.05, 4.69) is 15.3 Å². The summed E-state index contributed by atoms with van der Waals surface area (Å²) >= 11 is 0.